The SMILES string of the molecule is O=C(O)c1ccc(OC2(Oc3ccc(C(=O)O)cc3)C3CC4CC(C3)CC2(C23CC5CC(CC(C5)C2)C3)C4)cc1. The molecule has 0 aliphatic heterocycles. The van der Waals surface area contributed by atoms with Gasteiger partial charge in [0.05, 0.1) is 16.5 Å². The van der Waals surface area contributed by atoms with Crippen molar-refractivity contribution in [2.75, 3.05) is 0 Å². The molecule has 8 saturated carbocycles. The molecule has 2 aromatic carbocycles. The van der Waals surface area contributed by atoms with Crippen molar-refractivity contribution in [3.63, 3.8) is 0 Å². The minimum Gasteiger partial charge on any atom is -0.478 e. The zero-order valence-electron chi connectivity index (χ0n) is 22.9. The minimum atomic E-state index is -0.948. The first kappa shape index (κ1) is 24.8. The second-order valence-electron chi connectivity index (χ2n) is 14.4. The number of carbonyl (C=O) groups is 2. The first-order valence-electron chi connectivity index (χ1n) is 15.3. The Labute approximate surface area is 235 Å². The summed E-state index contributed by atoms with van der Waals surface area (Å²) in [7, 11) is 0. The maximum Gasteiger partial charge on any atom is 0.335 e. The lowest BCUT2D eigenvalue weighted by Gasteiger charge is -2.74. The van der Waals surface area contributed by atoms with Gasteiger partial charge in [-0.05, 0) is 154 Å². The molecule has 2 atom stereocenters. The van der Waals surface area contributed by atoms with Crippen LogP contribution >= 0.6 is 0 Å². The van der Waals surface area contributed by atoms with Crippen LogP contribution in [0.15, 0.2) is 48.5 Å². The zero-order valence-corrected chi connectivity index (χ0v) is 22.9. The van der Waals surface area contributed by atoms with E-state index >= 15 is 0 Å². The van der Waals surface area contributed by atoms with E-state index in [4.69, 9.17) is 9.47 Å². The summed E-state index contributed by atoms with van der Waals surface area (Å²) in [4.78, 5) is 23.2. The van der Waals surface area contributed by atoms with Gasteiger partial charge in [-0.15, -0.1) is 0 Å². The molecule has 0 radical (unpaired) electrons. The van der Waals surface area contributed by atoms with Crippen LogP contribution in [0.4, 0.5) is 0 Å². The molecule has 0 spiro atoms. The molecular formula is C34H38O6. The molecule has 0 amide bonds. The lowest BCUT2D eigenvalue weighted by Crippen LogP contribution is -2.76. The molecule has 2 aromatic rings. The molecule has 210 valence electrons. The Morgan fingerprint density at radius 2 is 0.950 bits per heavy atom. The maximum absolute atomic E-state index is 11.6. The van der Waals surface area contributed by atoms with E-state index in [-0.39, 0.29) is 27.9 Å². The monoisotopic (exact) mass is 542 g/mol. The van der Waals surface area contributed by atoms with Crippen LogP contribution in [0, 0.1) is 46.3 Å². The van der Waals surface area contributed by atoms with Crippen LogP contribution in [-0.4, -0.2) is 27.9 Å². The first-order valence-corrected chi connectivity index (χ1v) is 15.3. The Bertz CT molecular complexity index is 1230. The van der Waals surface area contributed by atoms with Crippen molar-refractivity contribution in [1.82, 2.24) is 0 Å². The van der Waals surface area contributed by atoms with E-state index < -0.39 is 17.7 Å². The summed E-state index contributed by atoms with van der Waals surface area (Å²) in [5.74, 6) is 2.61. The summed E-state index contributed by atoms with van der Waals surface area (Å²) < 4.78 is 14.5. The van der Waals surface area contributed by atoms with Gasteiger partial charge in [0.15, 0.2) is 0 Å². The van der Waals surface area contributed by atoms with Crippen LogP contribution in [0.1, 0.15) is 91.3 Å². The fraction of sp³-hybridized carbons (Fsp3) is 0.588. The van der Waals surface area contributed by atoms with Crippen molar-refractivity contribution >= 4 is 11.9 Å². The summed E-state index contributed by atoms with van der Waals surface area (Å²) in [6.07, 6.45) is 13.7. The van der Waals surface area contributed by atoms with E-state index in [9.17, 15) is 19.8 Å². The molecular weight excluding hydrogens is 504 g/mol. The number of aromatic carboxylic acids is 2. The topological polar surface area (TPSA) is 93.1 Å². The molecule has 40 heavy (non-hydrogen) atoms. The van der Waals surface area contributed by atoms with Gasteiger partial charge < -0.3 is 19.7 Å². The first-order chi connectivity index (χ1) is 19.3. The molecule has 8 aliphatic rings. The van der Waals surface area contributed by atoms with Gasteiger partial charge in [0.1, 0.15) is 11.5 Å². The largest absolute Gasteiger partial charge is 0.478 e. The van der Waals surface area contributed by atoms with Crippen molar-refractivity contribution in [1.29, 1.82) is 0 Å². The summed E-state index contributed by atoms with van der Waals surface area (Å²) in [6, 6.07) is 13.7. The highest BCUT2D eigenvalue weighted by atomic mass is 16.7. The van der Waals surface area contributed by atoms with Gasteiger partial charge in [-0.3, -0.25) is 0 Å². The van der Waals surface area contributed by atoms with Crippen LogP contribution in [0.3, 0.4) is 0 Å². The molecule has 10 rings (SSSR count). The van der Waals surface area contributed by atoms with Gasteiger partial charge in [0.2, 0.25) is 0 Å². The second kappa shape index (κ2) is 8.50. The van der Waals surface area contributed by atoms with E-state index in [0.717, 1.165) is 43.4 Å². The van der Waals surface area contributed by atoms with Crippen LogP contribution in [0.5, 0.6) is 11.5 Å². The molecule has 6 heteroatoms. The number of rotatable bonds is 7. The molecule has 2 unspecified atom stereocenters. The van der Waals surface area contributed by atoms with Crippen molar-refractivity contribution < 1.29 is 29.3 Å². The molecule has 8 fully saturated rings. The third-order valence-electron chi connectivity index (χ3n) is 12.2. The van der Waals surface area contributed by atoms with Crippen molar-refractivity contribution in [2.24, 2.45) is 46.3 Å². The smallest absolute Gasteiger partial charge is 0.335 e. The predicted molar refractivity (Wildman–Crippen MR) is 147 cm³/mol. The van der Waals surface area contributed by atoms with Gasteiger partial charge in [0, 0.05) is 5.92 Å². The fourth-order valence-corrected chi connectivity index (χ4v) is 11.5. The third kappa shape index (κ3) is 3.46. The fourth-order valence-electron chi connectivity index (χ4n) is 11.5. The molecule has 0 aromatic heterocycles. The lowest BCUT2D eigenvalue weighted by molar-refractivity contribution is -0.357. The lowest BCUT2D eigenvalue weighted by atomic mass is 9.33. The predicted octanol–water partition coefficient (Wildman–Crippen LogP) is 7.28. The summed E-state index contributed by atoms with van der Waals surface area (Å²) in [6.45, 7) is 0. The van der Waals surface area contributed by atoms with Crippen LogP contribution in [0.25, 0.3) is 0 Å². The second-order valence-corrected chi connectivity index (χ2v) is 14.4. The highest BCUT2D eigenvalue weighted by Gasteiger charge is 2.77. The molecule has 8 bridgehead atoms. The maximum atomic E-state index is 11.6. The van der Waals surface area contributed by atoms with Crippen LogP contribution in [-0.2, 0) is 0 Å². The Balaban J connectivity index is 1.28. The third-order valence-corrected chi connectivity index (χ3v) is 12.2. The number of benzene rings is 2. The van der Waals surface area contributed by atoms with Crippen molar-refractivity contribution in [3.05, 3.63) is 59.7 Å². The Morgan fingerprint density at radius 1 is 0.575 bits per heavy atom. The quantitative estimate of drug-likeness (QED) is 0.357. The number of hydrogen-bond donors (Lipinski definition) is 2. The Kier molecular flexibility index (Phi) is 5.26. The van der Waals surface area contributed by atoms with E-state index in [1.807, 2.05) is 0 Å². The van der Waals surface area contributed by atoms with E-state index in [1.165, 1.54) is 44.9 Å². The highest BCUT2D eigenvalue weighted by Crippen LogP contribution is 2.78. The van der Waals surface area contributed by atoms with Gasteiger partial charge >= 0.3 is 11.9 Å². The standard InChI is InChI=1S/C34H38O6/c35-30(36)25-1-5-28(6-2-25)39-34(40-29-7-3-26(4-8-29)31(37)38)27-13-23-12-24(14-27)19-33(34,18-23)32-15-20-9-21(16-32)11-22(10-20)17-32/h1-8,20-24,27H,9-19H2,(H,35,36)(H,37,38). The van der Waals surface area contributed by atoms with Gasteiger partial charge in [-0.2, -0.15) is 0 Å². The molecule has 0 saturated heterocycles. The minimum absolute atomic E-state index is 0.123. The van der Waals surface area contributed by atoms with Gasteiger partial charge in [0.25, 0.3) is 5.79 Å². The molecule has 0 heterocycles. The number of hydrogen-bond acceptors (Lipinski definition) is 4. The molecule has 8 aliphatic carbocycles. The van der Waals surface area contributed by atoms with E-state index in [2.05, 4.69) is 0 Å². The van der Waals surface area contributed by atoms with Crippen molar-refractivity contribution in [3.8, 4) is 11.5 Å². The number of carboxylic acid groups (broad SMARTS) is 2. The Morgan fingerprint density at radius 3 is 1.32 bits per heavy atom. The average Bonchev–Trinajstić information content (AvgIpc) is 2.91. The summed E-state index contributed by atoms with van der Waals surface area (Å²) in [5.41, 5.74) is 0.557. The summed E-state index contributed by atoms with van der Waals surface area (Å²) in [5, 5.41) is 19.0. The molecule has 6 nitrogen and oxygen atoms in total. The van der Waals surface area contributed by atoms with E-state index in [0.29, 0.717) is 23.3 Å². The van der Waals surface area contributed by atoms with Crippen molar-refractivity contribution in [2.45, 2.75) is 76.4 Å². The molecule has 2 N–H and O–H groups in total. The normalized spacial score (nSPS) is 39.7. The number of carboxylic acids is 2. The van der Waals surface area contributed by atoms with E-state index in [1.54, 1.807) is 48.5 Å². The van der Waals surface area contributed by atoms with Crippen LogP contribution in [0.2, 0.25) is 0 Å². The summed E-state index contributed by atoms with van der Waals surface area (Å²) >= 11 is 0. The highest BCUT2D eigenvalue weighted by molar-refractivity contribution is 5.88. The van der Waals surface area contributed by atoms with Gasteiger partial charge in [-0.1, -0.05) is 0 Å². The van der Waals surface area contributed by atoms with Gasteiger partial charge in [-0.25, -0.2) is 9.59 Å². The number of ether oxygens (including phenoxy) is 2. The average molecular weight is 543 g/mol. The Hall–Kier alpha value is -3.02. The zero-order chi connectivity index (χ0) is 27.3. The van der Waals surface area contributed by atoms with Crippen LogP contribution < -0.4 is 9.47 Å².